The van der Waals surface area contributed by atoms with Crippen LogP contribution in [-0.4, -0.2) is 66.0 Å². The van der Waals surface area contributed by atoms with Gasteiger partial charge in [-0.25, -0.2) is 4.79 Å². The van der Waals surface area contributed by atoms with Gasteiger partial charge in [-0.05, 0) is 33.6 Å². The minimum atomic E-state index is -0.543. The van der Waals surface area contributed by atoms with E-state index in [0.29, 0.717) is 26.2 Å². The number of likely N-dealkylation sites (tertiary alicyclic amines) is 1. The summed E-state index contributed by atoms with van der Waals surface area (Å²) in [5.74, 6) is -0.408. The van der Waals surface area contributed by atoms with E-state index >= 15 is 0 Å². The second kappa shape index (κ2) is 6.54. The molecule has 0 spiro atoms. The van der Waals surface area contributed by atoms with Crippen molar-refractivity contribution in [2.45, 2.75) is 39.2 Å². The van der Waals surface area contributed by atoms with Gasteiger partial charge in [-0.15, -0.1) is 0 Å². The molecule has 0 aromatic rings. The maximum Gasteiger partial charge on any atom is 0.410 e. The van der Waals surface area contributed by atoms with Crippen LogP contribution in [0.2, 0.25) is 0 Å². The summed E-state index contributed by atoms with van der Waals surface area (Å²) < 4.78 is 5.37. The molecule has 22 heavy (non-hydrogen) atoms. The molecule has 2 aliphatic heterocycles. The van der Waals surface area contributed by atoms with Crippen molar-refractivity contribution in [1.82, 2.24) is 15.1 Å². The molecule has 0 radical (unpaired) electrons. The number of nitrogens with zero attached hydrogens (tertiary/aromatic N) is 2. The molecule has 1 N–H and O–H groups in total. The van der Waals surface area contributed by atoms with Crippen LogP contribution in [0.4, 0.5) is 4.79 Å². The summed E-state index contributed by atoms with van der Waals surface area (Å²) in [6.07, 6.45) is 1.15. The maximum atomic E-state index is 12.5. The summed E-state index contributed by atoms with van der Waals surface area (Å²) >= 11 is 0. The standard InChI is InChI=1S/C15H25N3O4/c1-15(2,3)22-14(21)18-7-4-5-11(9-18)13(20)17-8-6-16-12(19)10-17/h11H,4-10H2,1-3H3,(H,16,19)/t11-/m1/s1. The topological polar surface area (TPSA) is 79.0 Å². The Morgan fingerprint density at radius 3 is 2.59 bits per heavy atom. The molecule has 0 saturated carbocycles. The normalized spacial score (nSPS) is 23.0. The van der Waals surface area contributed by atoms with Crippen molar-refractivity contribution in [1.29, 1.82) is 0 Å². The Morgan fingerprint density at radius 2 is 1.95 bits per heavy atom. The van der Waals surface area contributed by atoms with E-state index in [-0.39, 0.29) is 30.4 Å². The van der Waals surface area contributed by atoms with Gasteiger partial charge in [0, 0.05) is 26.2 Å². The molecule has 3 amide bonds. The predicted octanol–water partition coefficient (Wildman–Crippen LogP) is 0.592. The Kier molecular flexibility index (Phi) is 4.93. The van der Waals surface area contributed by atoms with Gasteiger partial charge < -0.3 is 19.9 Å². The Balaban J connectivity index is 1.93. The van der Waals surface area contributed by atoms with Crippen LogP contribution in [0.3, 0.4) is 0 Å². The molecule has 0 aromatic heterocycles. The Morgan fingerprint density at radius 1 is 1.23 bits per heavy atom. The molecule has 0 aromatic carbocycles. The molecule has 2 aliphatic rings. The number of hydrogen-bond donors (Lipinski definition) is 1. The van der Waals surface area contributed by atoms with E-state index in [9.17, 15) is 14.4 Å². The van der Waals surface area contributed by atoms with Crippen LogP contribution >= 0.6 is 0 Å². The molecule has 2 fully saturated rings. The van der Waals surface area contributed by atoms with Gasteiger partial charge in [-0.3, -0.25) is 9.59 Å². The summed E-state index contributed by atoms with van der Waals surface area (Å²) in [6, 6.07) is 0. The first kappa shape index (κ1) is 16.6. The van der Waals surface area contributed by atoms with E-state index in [2.05, 4.69) is 5.32 Å². The highest BCUT2D eigenvalue weighted by atomic mass is 16.6. The van der Waals surface area contributed by atoms with Gasteiger partial charge >= 0.3 is 6.09 Å². The molecular formula is C15H25N3O4. The van der Waals surface area contributed by atoms with Gasteiger partial charge in [0.05, 0.1) is 12.5 Å². The van der Waals surface area contributed by atoms with Crippen LogP contribution in [0.5, 0.6) is 0 Å². The molecule has 7 heteroatoms. The van der Waals surface area contributed by atoms with Crippen molar-refractivity contribution in [2.24, 2.45) is 5.92 Å². The highest BCUT2D eigenvalue weighted by Crippen LogP contribution is 2.21. The third-order valence-electron chi connectivity index (χ3n) is 3.77. The Bertz CT molecular complexity index is 458. The number of carbonyl (C=O) groups excluding carboxylic acids is 3. The number of amides is 3. The molecular weight excluding hydrogens is 286 g/mol. The summed E-state index contributed by atoms with van der Waals surface area (Å²) in [5, 5.41) is 2.71. The van der Waals surface area contributed by atoms with Crippen LogP contribution in [-0.2, 0) is 14.3 Å². The van der Waals surface area contributed by atoms with Crippen molar-refractivity contribution in [2.75, 3.05) is 32.7 Å². The molecule has 0 unspecified atom stereocenters. The first-order chi connectivity index (χ1) is 10.3. The SMILES string of the molecule is CC(C)(C)OC(=O)N1CCC[C@@H](C(=O)N2CCNC(=O)C2)C1. The van der Waals surface area contributed by atoms with Crippen LogP contribution in [0.25, 0.3) is 0 Å². The predicted molar refractivity (Wildman–Crippen MR) is 80.1 cm³/mol. The van der Waals surface area contributed by atoms with Gasteiger partial charge in [0.2, 0.25) is 11.8 Å². The fourth-order valence-electron chi connectivity index (χ4n) is 2.76. The highest BCUT2D eigenvalue weighted by Gasteiger charge is 2.34. The Labute approximate surface area is 131 Å². The number of carbonyl (C=O) groups is 3. The molecule has 0 bridgehead atoms. The number of nitrogens with one attached hydrogen (secondary N) is 1. The lowest BCUT2D eigenvalue weighted by Gasteiger charge is -2.36. The summed E-state index contributed by atoms with van der Waals surface area (Å²) in [6.45, 7) is 7.59. The van der Waals surface area contributed by atoms with Gasteiger partial charge in [0.15, 0.2) is 0 Å². The second-order valence-corrected chi connectivity index (χ2v) is 6.88. The average molecular weight is 311 g/mol. The molecule has 2 heterocycles. The lowest BCUT2D eigenvalue weighted by atomic mass is 9.96. The lowest BCUT2D eigenvalue weighted by molar-refractivity contribution is -0.142. The van der Waals surface area contributed by atoms with Crippen molar-refractivity contribution in [3.63, 3.8) is 0 Å². The summed E-state index contributed by atoms with van der Waals surface area (Å²) in [5.41, 5.74) is -0.543. The fourth-order valence-corrected chi connectivity index (χ4v) is 2.76. The fraction of sp³-hybridized carbons (Fsp3) is 0.800. The zero-order valence-electron chi connectivity index (χ0n) is 13.6. The number of hydrogen-bond acceptors (Lipinski definition) is 4. The van der Waals surface area contributed by atoms with E-state index in [1.54, 1.807) is 9.80 Å². The van der Waals surface area contributed by atoms with Crippen molar-refractivity contribution < 1.29 is 19.1 Å². The van der Waals surface area contributed by atoms with Crippen LogP contribution < -0.4 is 5.32 Å². The van der Waals surface area contributed by atoms with Gasteiger partial charge in [-0.2, -0.15) is 0 Å². The number of piperidine rings is 1. The monoisotopic (exact) mass is 311 g/mol. The van der Waals surface area contributed by atoms with E-state index in [1.807, 2.05) is 20.8 Å². The van der Waals surface area contributed by atoms with Crippen LogP contribution in [0.1, 0.15) is 33.6 Å². The van der Waals surface area contributed by atoms with Gasteiger partial charge in [-0.1, -0.05) is 0 Å². The first-order valence-electron chi connectivity index (χ1n) is 7.80. The van der Waals surface area contributed by atoms with E-state index in [1.165, 1.54) is 0 Å². The van der Waals surface area contributed by atoms with Gasteiger partial charge in [0.1, 0.15) is 5.60 Å². The molecule has 124 valence electrons. The number of piperazine rings is 1. The lowest BCUT2D eigenvalue weighted by Crippen LogP contribution is -2.54. The van der Waals surface area contributed by atoms with E-state index < -0.39 is 5.60 Å². The minimum Gasteiger partial charge on any atom is -0.444 e. The number of rotatable bonds is 1. The Hall–Kier alpha value is -1.79. The smallest absolute Gasteiger partial charge is 0.410 e. The summed E-state index contributed by atoms with van der Waals surface area (Å²) in [7, 11) is 0. The molecule has 2 rings (SSSR count). The average Bonchev–Trinajstić information content (AvgIpc) is 2.45. The largest absolute Gasteiger partial charge is 0.444 e. The quantitative estimate of drug-likeness (QED) is 0.769. The van der Waals surface area contributed by atoms with Crippen LogP contribution in [0.15, 0.2) is 0 Å². The van der Waals surface area contributed by atoms with E-state index in [4.69, 9.17) is 4.74 Å². The van der Waals surface area contributed by atoms with Crippen molar-refractivity contribution >= 4 is 17.9 Å². The van der Waals surface area contributed by atoms with Crippen molar-refractivity contribution in [3.05, 3.63) is 0 Å². The minimum absolute atomic E-state index is 0.0388. The molecule has 1 atom stereocenters. The summed E-state index contributed by atoms with van der Waals surface area (Å²) in [4.78, 5) is 39.2. The van der Waals surface area contributed by atoms with E-state index in [0.717, 1.165) is 12.8 Å². The molecule has 2 saturated heterocycles. The van der Waals surface area contributed by atoms with Gasteiger partial charge in [0.25, 0.3) is 0 Å². The third-order valence-corrected chi connectivity index (χ3v) is 3.77. The third kappa shape index (κ3) is 4.35. The molecule has 0 aliphatic carbocycles. The second-order valence-electron chi connectivity index (χ2n) is 6.88. The van der Waals surface area contributed by atoms with Crippen LogP contribution in [0, 0.1) is 5.92 Å². The first-order valence-corrected chi connectivity index (χ1v) is 7.80. The maximum absolute atomic E-state index is 12.5. The zero-order chi connectivity index (χ0) is 16.3. The zero-order valence-corrected chi connectivity index (χ0v) is 13.6. The molecule has 7 nitrogen and oxygen atoms in total. The van der Waals surface area contributed by atoms with Crippen molar-refractivity contribution in [3.8, 4) is 0 Å². The number of ether oxygens (including phenoxy) is 1. The highest BCUT2D eigenvalue weighted by molar-refractivity contribution is 5.87.